The van der Waals surface area contributed by atoms with E-state index in [0.29, 0.717) is 13.1 Å². The van der Waals surface area contributed by atoms with Crippen molar-refractivity contribution < 1.29 is 9.53 Å². The summed E-state index contributed by atoms with van der Waals surface area (Å²) in [4.78, 5) is 19.3. The summed E-state index contributed by atoms with van der Waals surface area (Å²) >= 11 is 1.46. The fourth-order valence-corrected chi connectivity index (χ4v) is 2.91. The molecule has 0 aliphatic heterocycles. The minimum atomic E-state index is -0.00387. The van der Waals surface area contributed by atoms with Gasteiger partial charge in [0.15, 0.2) is 5.96 Å². The maximum absolute atomic E-state index is 11.8. The summed E-state index contributed by atoms with van der Waals surface area (Å²) < 4.78 is 5.69. The van der Waals surface area contributed by atoms with Crippen LogP contribution in [0.25, 0.3) is 0 Å². The number of nitrogens with one attached hydrogen (secondary N) is 2. The molecule has 1 fully saturated rings. The van der Waals surface area contributed by atoms with Gasteiger partial charge in [-0.1, -0.05) is 6.07 Å². The Morgan fingerprint density at radius 2 is 2.23 bits per heavy atom. The lowest BCUT2D eigenvalue weighted by Crippen LogP contribution is -2.40. The van der Waals surface area contributed by atoms with E-state index in [0.717, 1.165) is 49.5 Å². The number of hydrogen-bond acceptors (Lipinski definition) is 4. The number of amides is 1. The second kappa shape index (κ2) is 13.3. The van der Waals surface area contributed by atoms with E-state index in [1.54, 1.807) is 0 Å². The van der Waals surface area contributed by atoms with E-state index < -0.39 is 0 Å². The van der Waals surface area contributed by atoms with E-state index in [-0.39, 0.29) is 29.9 Å². The first-order chi connectivity index (χ1) is 12.2. The standard InChI is InChI=1S/C18H30N4O2S.HI/c1-3-19-18(22(2)11-12-24-14-15-7-8-15)21-10-5-9-20-17(23)16-6-4-13-25-16;/h4,6,13,15H,3,5,7-12,14H2,1-2H3,(H,19,21)(H,20,23);1H. The molecule has 1 aliphatic rings. The van der Waals surface area contributed by atoms with E-state index in [4.69, 9.17) is 4.74 Å². The van der Waals surface area contributed by atoms with E-state index in [1.807, 2.05) is 24.6 Å². The molecule has 0 atom stereocenters. The lowest BCUT2D eigenvalue weighted by molar-refractivity contribution is 0.0957. The maximum atomic E-state index is 11.8. The molecule has 2 rings (SSSR count). The van der Waals surface area contributed by atoms with Gasteiger partial charge in [0.1, 0.15) is 0 Å². The van der Waals surface area contributed by atoms with Crippen LogP contribution in [0.3, 0.4) is 0 Å². The van der Waals surface area contributed by atoms with Gasteiger partial charge in [-0.2, -0.15) is 0 Å². The molecule has 1 aromatic rings. The molecule has 0 saturated heterocycles. The van der Waals surface area contributed by atoms with Crippen molar-refractivity contribution in [1.82, 2.24) is 15.5 Å². The molecule has 0 aromatic carbocycles. The van der Waals surface area contributed by atoms with Crippen LogP contribution in [-0.2, 0) is 4.74 Å². The molecule has 0 radical (unpaired) electrons. The zero-order valence-electron chi connectivity index (χ0n) is 15.7. The molecule has 1 amide bonds. The van der Waals surface area contributed by atoms with Gasteiger partial charge in [0, 0.05) is 39.8 Å². The van der Waals surface area contributed by atoms with Gasteiger partial charge in [0.2, 0.25) is 0 Å². The van der Waals surface area contributed by atoms with Gasteiger partial charge in [-0.3, -0.25) is 9.79 Å². The molecule has 1 heterocycles. The third-order valence-corrected chi connectivity index (χ3v) is 4.81. The number of carbonyl (C=O) groups excluding carboxylic acids is 1. The normalized spacial score (nSPS) is 13.8. The first-order valence-electron chi connectivity index (χ1n) is 9.09. The predicted octanol–water partition coefficient (Wildman–Crippen LogP) is 2.81. The van der Waals surface area contributed by atoms with Crippen molar-refractivity contribution in [3.63, 3.8) is 0 Å². The number of carbonyl (C=O) groups is 1. The van der Waals surface area contributed by atoms with Gasteiger partial charge < -0.3 is 20.3 Å². The van der Waals surface area contributed by atoms with Gasteiger partial charge in [0.25, 0.3) is 5.91 Å². The van der Waals surface area contributed by atoms with Gasteiger partial charge in [-0.25, -0.2) is 0 Å². The molecule has 0 unspecified atom stereocenters. The number of guanidine groups is 1. The SMILES string of the molecule is CCNC(=NCCCNC(=O)c1cccs1)N(C)CCOCC1CC1.I. The Labute approximate surface area is 177 Å². The second-order valence-corrected chi connectivity index (χ2v) is 7.21. The van der Waals surface area contributed by atoms with E-state index in [9.17, 15) is 4.79 Å². The summed E-state index contributed by atoms with van der Waals surface area (Å²) in [5.41, 5.74) is 0. The lowest BCUT2D eigenvalue weighted by atomic mass is 10.4. The summed E-state index contributed by atoms with van der Waals surface area (Å²) in [7, 11) is 2.03. The number of halogens is 1. The quantitative estimate of drug-likeness (QED) is 0.215. The van der Waals surface area contributed by atoms with Crippen molar-refractivity contribution in [1.29, 1.82) is 0 Å². The number of aliphatic imine (C=N–C) groups is 1. The maximum Gasteiger partial charge on any atom is 0.261 e. The minimum absolute atomic E-state index is 0. The number of rotatable bonds is 11. The van der Waals surface area contributed by atoms with Gasteiger partial charge >= 0.3 is 0 Å². The fraction of sp³-hybridized carbons (Fsp3) is 0.667. The van der Waals surface area contributed by atoms with Crippen LogP contribution in [0.4, 0.5) is 0 Å². The third kappa shape index (κ3) is 9.18. The van der Waals surface area contributed by atoms with Crippen LogP contribution >= 0.6 is 35.3 Å². The summed E-state index contributed by atoms with van der Waals surface area (Å²) in [6.45, 7) is 6.66. The lowest BCUT2D eigenvalue weighted by Gasteiger charge is -2.22. The summed E-state index contributed by atoms with van der Waals surface area (Å²) in [6.07, 6.45) is 3.46. The second-order valence-electron chi connectivity index (χ2n) is 6.26. The molecule has 8 heteroatoms. The van der Waals surface area contributed by atoms with Crippen molar-refractivity contribution in [2.24, 2.45) is 10.9 Å². The van der Waals surface area contributed by atoms with E-state index in [1.165, 1.54) is 24.2 Å². The van der Waals surface area contributed by atoms with Crippen molar-refractivity contribution in [3.05, 3.63) is 22.4 Å². The van der Waals surface area contributed by atoms with Crippen molar-refractivity contribution in [2.75, 3.05) is 46.4 Å². The molecule has 148 valence electrons. The monoisotopic (exact) mass is 494 g/mol. The largest absolute Gasteiger partial charge is 0.379 e. The van der Waals surface area contributed by atoms with Gasteiger partial charge in [-0.15, -0.1) is 35.3 Å². The fourth-order valence-electron chi connectivity index (χ4n) is 2.27. The highest BCUT2D eigenvalue weighted by molar-refractivity contribution is 14.0. The van der Waals surface area contributed by atoms with Crippen molar-refractivity contribution in [3.8, 4) is 0 Å². The Balaban J connectivity index is 0.00000338. The average Bonchev–Trinajstić information content (AvgIpc) is 3.27. The molecule has 6 nitrogen and oxygen atoms in total. The topological polar surface area (TPSA) is 66.0 Å². The van der Waals surface area contributed by atoms with Gasteiger partial charge in [-0.05, 0) is 43.6 Å². The molecule has 1 saturated carbocycles. The Hall–Kier alpha value is -0.870. The van der Waals surface area contributed by atoms with Crippen LogP contribution in [0.15, 0.2) is 22.5 Å². The highest BCUT2D eigenvalue weighted by atomic mass is 127. The summed E-state index contributed by atoms with van der Waals surface area (Å²) in [5.74, 6) is 1.69. The minimum Gasteiger partial charge on any atom is -0.379 e. The van der Waals surface area contributed by atoms with Crippen molar-refractivity contribution >= 4 is 47.2 Å². The molecule has 1 aromatic heterocycles. The Kier molecular flexibility index (Phi) is 11.9. The number of hydrogen-bond donors (Lipinski definition) is 2. The van der Waals surface area contributed by atoms with Crippen LogP contribution in [0.1, 0.15) is 35.9 Å². The Bertz CT molecular complexity index is 535. The number of thiophene rings is 1. The van der Waals surface area contributed by atoms with Crippen LogP contribution in [0.5, 0.6) is 0 Å². The highest BCUT2D eigenvalue weighted by Crippen LogP contribution is 2.28. The summed E-state index contributed by atoms with van der Waals surface area (Å²) in [6, 6.07) is 3.72. The first kappa shape index (κ1) is 23.2. The molecule has 26 heavy (non-hydrogen) atoms. The van der Waals surface area contributed by atoms with Crippen LogP contribution < -0.4 is 10.6 Å². The molecule has 2 N–H and O–H groups in total. The first-order valence-corrected chi connectivity index (χ1v) is 9.97. The molecule has 0 spiro atoms. The average molecular weight is 494 g/mol. The number of likely N-dealkylation sites (N-methyl/N-ethyl adjacent to an activating group) is 1. The van der Waals surface area contributed by atoms with Crippen LogP contribution in [-0.4, -0.2) is 63.2 Å². The summed E-state index contributed by atoms with van der Waals surface area (Å²) in [5, 5.41) is 8.14. The van der Waals surface area contributed by atoms with Crippen LogP contribution in [0.2, 0.25) is 0 Å². The van der Waals surface area contributed by atoms with E-state index >= 15 is 0 Å². The third-order valence-electron chi connectivity index (χ3n) is 3.94. The van der Waals surface area contributed by atoms with Crippen molar-refractivity contribution in [2.45, 2.75) is 26.2 Å². The van der Waals surface area contributed by atoms with Gasteiger partial charge in [0.05, 0.1) is 11.5 Å². The zero-order chi connectivity index (χ0) is 17.9. The predicted molar refractivity (Wildman–Crippen MR) is 119 cm³/mol. The smallest absolute Gasteiger partial charge is 0.261 e. The molecular weight excluding hydrogens is 463 g/mol. The Morgan fingerprint density at radius 3 is 2.88 bits per heavy atom. The van der Waals surface area contributed by atoms with Crippen LogP contribution in [0, 0.1) is 5.92 Å². The number of ether oxygens (including phenoxy) is 1. The molecular formula is C18H31IN4O2S. The highest BCUT2D eigenvalue weighted by Gasteiger charge is 2.21. The van der Waals surface area contributed by atoms with E-state index in [2.05, 4.69) is 27.4 Å². The Morgan fingerprint density at radius 1 is 1.42 bits per heavy atom. The zero-order valence-corrected chi connectivity index (χ0v) is 18.8. The number of nitrogens with zero attached hydrogens (tertiary/aromatic N) is 2. The molecule has 1 aliphatic carbocycles. The molecule has 0 bridgehead atoms.